The Hall–Kier alpha value is -3.21. The van der Waals surface area contributed by atoms with Crippen LogP contribution < -0.4 is 19.8 Å². The highest BCUT2D eigenvalue weighted by molar-refractivity contribution is 5.86. The van der Waals surface area contributed by atoms with Crippen molar-refractivity contribution in [1.29, 1.82) is 0 Å². The van der Waals surface area contributed by atoms with Gasteiger partial charge in [-0.3, -0.25) is 0 Å². The summed E-state index contributed by atoms with van der Waals surface area (Å²) in [6.45, 7) is 5.08. The van der Waals surface area contributed by atoms with Crippen LogP contribution in [0.1, 0.15) is 62.1 Å². The Balaban J connectivity index is 1.45. The van der Waals surface area contributed by atoms with Crippen molar-refractivity contribution in [2.24, 2.45) is 0 Å². The van der Waals surface area contributed by atoms with E-state index in [9.17, 15) is 4.79 Å². The average Bonchev–Trinajstić information content (AvgIpc) is 3.26. The van der Waals surface area contributed by atoms with E-state index in [0.29, 0.717) is 23.5 Å². The van der Waals surface area contributed by atoms with Crippen LogP contribution in [0.15, 0.2) is 45.6 Å². The van der Waals surface area contributed by atoms with Crippen LogP contribution in [0.5, 0.6) is 17.2 Å². The lowest BCUT2D eigenvalue weighted by molar-refractivity contribution is 0.174. The van der Waals surface area contributed by atoms with E-state index in [1.54, 1.807) is 6.08 Å². The quantitative estimate of drug-likeness (QED) is 0.261. The fourth-order valence-corrected chi connectivity index (χ4v) is 3.90. The van der Waals surface area contributed by atoms with Crippen molar-refractivity contribution in [1.82, 2.24) is 0 Å². The van der Waals surface area contributed by atoms with Crippen LogP contribution in [0.25, 0.3) is 23.1 Å². The highest BCUT2D eigenvalue weighted by atomic mass is 16.7. The van der Waals surface area contributed by atoms with E-state index in [0.717, 1.165) is 34.4 Å². The predicted octanol–water partition coefficient (Wildman–Crippen LogP) is 6.74. The van der Waals surface area contributed by atoms with Gasteiger partial charge in [0.05, 0.1) is 12.2 Å². The van der Waals surface area contributed by atoms with Gasteiger partial charge in [0.25, 0.3) is 0 Å². The van der Waals surface area contributed by atoms with Crippen LogP contribution in [-0.2, 0) is 0 Å². The summed E-state index contributed by atoms with van der Waals surface area (Å²) in [6, 6.07) is 11.4. The molecule has 0 saturated carbocycles. The van der Waals surface area contributed by atoms with Gasteiger partial charge < -0.3 is 18.6 Å². The van der Waals surface area contributed by atoms with Crippen molar-refractivity contribution >= 4 is 23.1 Å². The highest BCUT2D eigenvalue weighted by Gasteiger charge is 2.13. The Labute approximate surface area is 188 Å². The number of benzene rings is 2. The van der Waals surface area contributed by atoms with E-state index in [1.807, 2.05) is 49.4 Å². The Morgan fingerprint density at radius 2 is 1.75 bits per heavy atom. The lowest BCUT2D eigenvalue weighted by Gasteiger charge is -2.09. The fraction of sp³-hybridized carbons (Fsp3) is 0.370. The molecule has 0 unspecified atom stereocenters. The van der Waals surface area contributed by atoms with Crippen LogP contribution in [0, 0.1) is 6.92 Å². The first-order valence-electron chi connectivity index (χ1n) is 11.4. The van der Waals surface area contributed by atoms with Crippen molar-refractivity contribution < 1.29 is 18.6 Å². The van der Waals surface area contributed by atoms with Crippen molar-refractivity contribution in [3.8, 4) is 17.2 Å². The molecular formula is C27H30O5. The van der Waals surface area contributed by atoms with Crippen LogP contribution in [0.2, 0.25) is 0 Å². The summed E-state index contributed by atoms with van der Waals surface area (Å²) >= 11 is 0. The fourth-order valence-electron chi connectivity index (χ4n) is 3.90. The molecule has 1 aliphatic heterocycles. The second kappa shape index (κ2) is 10.4. The average molecular weight is 435 g/mol. The molecule has 5 nitrogen and oxygen atoms in total. The van der Waals surface area contributed by atoms with Crippen molar-refractivity contribution in [2.45, 2.75) is 52.4 Å². The van der Waals surface area contributed by atoms with E-state index >= 15 is 0 Å². The molecule has 0 spiro atoms. The van der Waals surface area contributed by atoms with E-state index in [-0.39, 0.29) is 12.4 Å². The maximum atomic E-state index is 12.7. The van der Waals surface area contributed by atoms with Gasteiger partial charge in [-0.2, -0.15) is 0 Å². The van der Waals surface area contributed by atoms with Gasteiger partial charge in [-0.15, -0.1) is 0 Å². The minimum absolute atomic E-state index is 0.237. The Kier molecular flexibility index (Phi) is 7.15. The number of aryl methyl sites for hydroxylation is 1. The van der Waals surface area contributed by atoms with E-state index < -0.39 is 0 Å². The molecule has 0 amide bonds. The number of ether oxygens (including phenoxy) is 3. The predicted molar refractivity (Wildman–Crippen MR) is 128 cm³/mol. The summed E-state index contributed by atoms with van der Waals surface area (Å²) in [5, 5.41) is 0.904. The van der Waals surface area contributed by atoms with Gasteiger partial charge in [0, 0.05) is 11.5 Å². The molecule has 0 aliphatic carbocycles. The third-order valence-corrected chi connectivity index (χ3v) is 5.79. The molecule has 0 bridgehead atoms. The molecule has 1 aliphatic rings. The van der Waals surface area contributed by atoms with Crippen LogP contribution in [0.3, 0.4) is 0 Å². The van der Waals surface area contributed by atoms with Gasteiger partial charge in [0.2, 0.25) is 6.79 Å². The zero-order chi connectivity index (χ0) is 22.3. The normalized spacial score (nSPS) is 12.7. The SMILES string of the molecule is CCCCCCCCOc1ccc2c(C)c(/C=C/c3ccc4c(c3)OCO4)c(=O)oc2c1. The van der Waals surface area contributed by atoms with Crippen molar-refractivity contribution in [3.63, 3.8) is 0 Å². The molecule has 3 aromatic rings. The molecule has 2 aromatic carbocycles. The van der Waals surface area contributed by atoms with Gasteiger partial charge in [-0.1, -0.05) is 51.2 Å². The van der Waals surface area contributed by atoms with E-state index in [1.165, 1.54) is 32.1 Å². The van der Waals surface area contributed by atoms with Crippen molar-refractivity contribution in [3.05, 3.63) is 63.5 Å². The highest BCUT2D eigenvalue weighted by Crippen LogP contribution is 2.33. The summed E-state index contributed by atoms with van der Waals surface area (Å²) < 4.78 is 22.2. The van der Waals surface area contributed by atoms with Crippen LogP contribution in [-0.4, -0.2) is 13.4 Å². The number of rotatable bonds is 10. The third-order valence-electron chi connectivity index (χ3n) is 5.79. The second-order valence-electron chi connectivity index (χ2n) is 8.15. The van der Waals surface area contributed by atoms with Crippen LogP contribution >= 0.6 is 0 Å². The van der Waals surface area contributed by atoms with Gasteiger partial charge in [-0.25, -0.2) is 4.79 Å². The summed E-state index contributed by atoms with van der Waals surface area (Å²) in [5.41, 5.74) is 2.53. The van der Waals surface area contributed by atoms with E-state index in [2.05, 4.69) is 6.92 Å². The van der Waals surface area contributed by atoms with Gasteiger partial charge >= 0.3 is 5.63 Å². The summed E-state index contributed by atoms with van der Waals surface area (Å²) in [4.78, 5) is 12.7. The summed E-state index contributed by atoms with van der Waals surface area (Å²) in [6.07, 6.45) is 11.0. The Morgan fingerprint density at radius 3 is 2.62 bits per heavy atom. The second-order valence-corrected chi connectivity index (χ2v) is 8.15. The molecule has 32 heavy (non-hydrogen) atoms. The van der Waals surface area contributed by atoms with Crippen LogP contribution in [0.4, 0.5) is 0 Å². The zero-order valence-corrected chi connectivity index (χ0v) is 18.8. The molecule has 2 heterocycles. The van der Waals surface area contributed by atoms with Gasteiger partial charge in [0.15, 0.2) is 11.5 Å². The molecule has 0 radical (unpaired) electrons. The molecule has 0 N–H and O–H groups in total. The lowest BCUT2D eigenvalue weighted by Crippen LogP contribution is -2.06. The molecular weight excluding hydrogens is 404 g/mol. The third kappa shape index (κ3) is 5.16. The molecule has 0 atom stereocenters. The molecule has 4 rings (SSSR count). The van der Waals surface area contributed by atoms with Gasteiger partial charge in [0.1, 0.15) is 11.3 Å². The molecule has 168 valence electrons. The first kappa shape index (κ1) is 22.0. The van der Waals surface area contributed by atoms with Gasteiger partial charge in [-0.05, 0) is 54.8 Å². The topological polar surface area (TPSA) is 57.9 Å². The standard InChI is InChI=1S/C27H30O5/c1-3-4-5-6-7-8-15-29-21-11-13-22-19(2)23(27(28)32-25(22)17-21)12-9-20-10-14-24-26(16-20)31-18-30-24/h9-14,16-17H,3-8,15,18H2,1-2H3/b12-9+. The molecule has 5 heteroatoms. The number of hydrogen-bond donors (Lipinski definition) is 0. The monoisotopic (exact) mass is 434 g/mol. The van der Waals surface area contributed by atoms with Crippen molar-refractivity contribution in [2.75, 3.05) is 13.4 Å². The maximum absolute atomic E-state index is 12.7. The first-order valence-corrected chi connectivity index (χ1v) is 11.4. The zero-order valence-electron chi connectivity index (χ0n) is 18.8. The smallest absolute Gasteiger partial charge is 0.343 e. The minimum Gasteiger partial charge on any atom is -0.493 e. The largest absolute Gasteiger partial charge is 0.493 e. The summed E-state index contributed by atoms with van der Waals surface area (Å²) in [7, 11) is 0. The minimum atomic E-state index is -0.361. The Morgan fingerprint density at radius 1 is 0.938 bits per heavy atom. The maximum Gasteiger partial charge on any atom is 0.343 e. The van der Waals surface area contributed by atoms with E-state index in [4.69, 9.17) is 18.6 Å². The number of unbranched alkanes of at least 4 members (excludes halogenated alkanes) is 5. The lowest BCUT2D eigenvalue weighted by atomic mass is 10.0. The summed E-state index contributed by atoms with van der Waals surface area (Å²) in [5.74, 6) is 2.18. The first-order chi connectivity index (χ1) is 15.7. The molecule has 0 fully saturated rings. The number of hydrogen-bond acceptors (Lipinski definition) is 5. The molecule has 0 saturated heterocycles. The molecule has 1 aromatic heterocycles. The Bertz CT molecular complexity index is 1160. The number of fused-ring (bicyclic) bond motifs is 2.